The summed E-state index contributed by atoms with van der Waals surface area (Å²) in [6.45, 7) is 6.62. The topological polar surface area (TPSA) is 0 Å². The lowest BCUT2D eigenvalue weighted by Gasteiger charge is -2.30. The largest absolute Gasteiger partial charge is 0.247 e. The first-order valence-corrected chi connectivity index (χ1v) is 6.22. The molecule has 0 aromatic carbocycles. The summed E-state index contributed by atoms with van der Waals surface area (Å²) in [4.78, 5) is 0. The van der Waals surface area contributed by atoms with Crippen molar-refractivity contribution in [1.29, 1.82) is 0 Å². The molecule has 0 radical (unpaired) electrons. The summed E-state index contributed by atoms with van der Waals surface area (Å²) < 4.78 is 14.0. The van der Waals surface area contributed by atoms with Crippen LogP contribution < -0.4 is 0 Å². The molecule has 3 unspecified atom stereocenters. The Labute approximate surface area is 87.3 Å². The molecule has 5 atom stereocenters. The van der Waals surface area contributed by atoms with E-state index in [1.54, 1.807) is 0 Å². The van der Waals surface area contributed by atoms with Crippen LogP contribution in [0.5, 0.6) is 0 Å². The molecule has 14 heavy (non-hydrogen) atoms. The first kappa shape index (κ1) is 10.4. The standard InChI is InChI=1S/C13H23F/c1-4-13-6-5-11(7-13)9(2)10(3)12(14)8-13/h9-12H,4-8H2,1-3H3/t9?,10?,11?,12-,13+/m0/s1. The molecule has 0 nitrogen and oxygen atoms in total. The number of fused-ring (bicyclic) bond motifs is 2. The number of hydrogen-bond acceptors (Lipinski definition) is 0. The van der Waals surface area contributed by atoms with E-state index in [-0.39, 0.29) is 5.92 Å². The number of halogens is 1. The maximum absolute atomic E-state index is 14.0. The summed E-state index contributed by atoms with van der Waals surface area (Å²) in [5.41, 5.74) is 0.378. The Morgan fingerprint density at radius 3 is 2.57 bits per heavy atom. The van der Waals surface area contributed by atoms with Gasteiger partial charge in [-0.05, 0) is 48.9 Å². The molecule has 0 heterocycles. The van der Waals surface area contributed by atoms with E-state index in [0.29, 0.717) is 11.3 Å². The van der Waals surface area contributed by atoms with Gasteiger partial charge in [-0.1, -0.05) is 27.2 Å². The Morgan fingerprint density at radius 1 is 1.21 bits per heavy atom. The van der Waals surface area contributed by atoms with Gasteiger partial charge in [-0.2, -0.15) is 0 Å². The van der Waals surface area contributed by atoms with Crippen molar-refractivity contribution in [1.82, 2.24) is 0 Å². The Kier molecular flexibility index (Phi) is 2.61. The Balaban J connectivity index is 2.21. The summed E-state index contributed by atoms with van der Waals surface area (Å²) in [6, 6.07) is 0. The molecule has 2 aliphatic rings. The van der Waals surface area contributed by atoms with Gasteiger partial charge >= 0.3 is 0 Å². The number of alkyl halides is 1. The van der Waals surface area contributed by atoms with Crippen molar-refractivity contribution >= 4 is 0 Å². The van der Waals surface area contributed by atoms with Crippen LogP contribution in [0.15, 0.2) is 0 Å². The summed E-state index contributed by atoms with van der Waals surface area (Å²) in [6.07, 6.45) is 5.41. The average Bonchev–Trinajstić information content (AvgIpc) is 2.57. The van der Waals surface area contributed by atoms with E-state index in [2.05, 4.69) is 20.8 Å². The third kappa shape index (κ3) is 1.49. The highest BCUT2D eigenvalue weighted by Gasteiger charge is 2.47. The Hall–Kier alpha value is -0.0700. The predicted octanol–water partition coefficient (Wildman–Crippen LogP) is 4.20. The molecule has 2 aliphatic carbocycles. The predicted molar refractivity (Wildman–Crippen MR) is 57.9 cm³/mol. The van der Waals surface area contributed by atoms with Crippen molar-refractivity contribution in [3.8, 4) is 0 Å². The molecular weight excluding hydrogens is 175 g/mol. The maximum atomic E-state index is 14.0. The zero-order valence-corrected chi connectivity index (χ0v) is 9.72. The van der Waals surface area contributed by atoms with Crippen LogP contribution >= 0.6 is 0 Å². The zero-order valence-electron chi connectivity index (χ0n) is 9.72. The van der Waals surface area contributed by atoms with Crippen molar-refractivity contribution in [2.24, 2.45) is 23.2 Å². The smallest absolute Gasteiger partial charge is 0.103 e. The van der Waals surface area contributed by atoms with Gasteiger partial charge in [0.2, 0.25) is 0 Å². The van der Waals surface area contributed by atoms with Crippen LogP contribution in [0.25, 0.3) is 0 Å². The molecule has 0 spiro atoms. The second kappa shape index (κ2) is 3.50. The molecule has 82 valence electrons. The molecule has 1 heteroatoms. The minimum absolute atomic E-state index is 0.286. The fourth-order valence-electron chi connectivity index (χ4n) is 3.71. The molecular formula is C13H23F. The van der Waals surface area contributed by atoms with E-state index in [9.17, 15) is 4.39 Å². The SMILES string of the molecule is CC[C@@]12CCC(C1)C(C)C(C)[C@@H](F)C2. The van der Waals surface area contributed by atoms with Gasteiger partial charge in [-0.15, -0.1) is 0 Å². The van der Waals surface area contributed by atoms with E-state index in [1.807, 2.05) is 0 Å². The molecule has 2 fully saturated rings. The molecule has 0 N–H and O–H groups in total. The third-order valence-electron chi connectivity index (χ3n) is 5.26. The second-order valence-electron chi connectivity index (χ2n) is 5.79. The molecule has 0 aliphatic heterocycles. The van der Waals surface area contributed by atoms with Gasteiger partial charge in [-0.3, -0.25) is 0 Å². The minimum atomic E-state index is -0.546. The molecule has 2 bridgehead atoms. The van der Waals surface area contributed by atoms with Gasteiger partial charge in [0.05, 0.1) is 0 Å². The van der Waals surface area contributed by atoms with E-state index >= 15 is 0 Å². The average molecular weight is 198 g/mol. The van der Waals surface area contributed by atoms with E-state index < -0.39 is 6.17 Å². The fourth-order valence-corrected chi connectivity index (χ4v) is 3.71. The van der Waals surface area contributed by atoms with Gasteiger partial charge in [-0.25, -0.2) is 4.39 Å². The summed E-state index contributed by atoms with van der Waals surface area (Å²) >= 11 is 0. The van der Waals surface area contributed by atoms with Gasteiger partial charge < -0.3 is 0 Å². The summed E-state index contributed by atoms with van der Waals surface area (Å²) in [5.74, 6) is 1.69. The lowest BCUT2D eigenvalue weighted by atomic mass is 9.77. The maximum Gasteiger partial charge on any atom is 0.103 e. The molecule has 0 saturated heterocycles. The van der Waals surface area contributed by atoms with Crippen LogP contribution in [-0.2, 0) is 0 Å². The zero-order chi connectivity index (χ0) is 10.3. The van der Waals surface area contributed by atoms with Crippen molar-refractivity contribution < 1.29 is 4.39 Å². The highest BCUT2D eigenvalue weighted by molar-refractivity contribution is 4.97. The van der Waals surface area contributed by atoms with Crippen LogP contribution in [0.3, 0.4) is 0 Å². The second-order valence-corrected chi connectivity index (χ2v) is 5.79. The summed E-state index contributed by atoms with van der Waals surface area (Å²) in [7, 11) is 0. The highest BCUT2D eigenvalue weighted by Crippen LogP contribution is 2.55. The van der Waals surface area contributed by atoms with E-state index in [0.717, 1.165) is 12.3 Å². The van der Waals surface area contributed by atoms with Gasteiger partial charge in [0.25, 0.3) is 0 Å². The van der Waals surface area contributed by atoms with Crippen LogP contribution in [0.2, 0.25) is 0 Å². The highest BCUT2D eigenvalue weighted by atomic mass is 19.1. The molecule has 2 saturated carbocycles. The van der Waals surface area contributed by atoms with Crippen molar-refractivity contribution in [3.63, 3.8) is 0 Å². The van der Waals surface area contributed by atoms with Gasteiger partial charge in [0, 0.05) is 0 Å². The quantitative estimate of drug-likeness (QED) is 0.592. The van der Waals surface area contributed by atoms with E-state index in [1.165, 1.54) is 25.7 Å². The lowest BCUT2D eigenvalue weighted by Crippen LogP contribution is -2.26. The lowest BCUT2D eigenvalue weighted by molar-refractivity contribution is 0.119. The fraction of sp³-hybridized carbons (Fsp3) is 1.00. The van der Waals surface area contributed by atoms with Crippen LogP contribution in [0, 0.1) is 23.2 Å². The third-order valence-corrected chi connectivity index (χ3v) is 5.26. The van der Waals surface area contributed by atoms with Crippen molar-refractivity contribution in [2.45, 2.75) is 59.0 Å². The van der Waals surface area contributed by atoms with Gasteiger partial charge in [0.15, 0.2) is 0 Å². The summed E-state index contributed by atoms with van der Waals surface area (Å²) in [5, 5.41) is 0. The van der Waals surface area contributed by atoms with Crippen molar-refractivity contribution in [2.75, 3.05) is 0 Å². The van der Waals surface area contributed by atoms with E-state index in [4.69, 9.17) is 0 Å². The first-order chi connectivity index (χ1) is 6.58. The molecule has 0 amide bonds. The van der Waals surface area contributed by atoms with Crippen LogP contribution in [0.1, 0.15) is 52.9 Å². The van der Waals surface area contributed by atoms with Crippen molar-refractivity contribution in [3.05, 3.63) is 0 Å². The number of hydrogen-bond donors (Lipinski definition) is 0. The monoisotopic (exact) mass is 198 g/mol. The molecule has 2 rings (SSSR count). The Bertz CT molecular complexity index is 213. The minimum Gasteiger partial charge on any atom is -0.247 e. The van der Waals surface area contributed by atoms with Crippen LogP contribution in [-0.4, -0.2) is 6.17 Å². The van der Waals surface area contributed by atoms with Crippen LogP contribution in [0.4, 0.5) is 4.39 Å². The van der Waals surface area contributed by atoms with Gasteiger partial charge in [0.1, 0.15) is 6.17 Å². The Morgan fingerprint density at radius 2 is 1.93 bits per heavy atom. The normalized spacial score (nSPS) is 53.1. The molecule has 0 aromatic heterocycles. The first-order valence-electron chi connectivity index (χ1n) is 6.22. The molecule has 0 aromatic rings. The number of rotatable bonds is 1.